The molecule has 2 aromatic carbocycles. The minimum Gasteiger partial charge on any atom is -0.376 e. The molecule has 4 rings (SSSR count). The quantitative estimate of drug-likeness (QED) is 0.286. The summed E-state index contributed by atoms with van der Waals surface area (Å²) in [5.74, 6) is 0. The van der Waals surface area contributed by atoms with E-state index in [4.69, 9.17) is 11.6 Å². The fourth-order valence-corrected chi connectivity index (χ4v) is 4.45. The van der Waals surface area contributed by atoms with Gasteiger partial charge in [0.1, 0.15) is 9.12 Å². The number of nitrogens with one attached hydrogen (secondary N) is 1. The number of aliphatic hydroxyl groups is 1. The average Bonchev–Trinajstić information content (AvgIpc) is 3.13. The van der Waals surface area contributed by atoms with Crippen molar-refractivity contribution in [3.05, 3.63) is 71.4 Å². The second kappa shape index (κ2) is 7.76. The summed E-state index contributed by atoms with van der Waals surface area (Å²) in [7, 11) is -3.91. The van der Waals surface area contributed by atoms with E-state index in [0.29, 0.717) is 27.4 Å². The highest BCUT2D eigenvalue weighted by Gasteiger charge is 2.22. The molecule has 4 aromatic rings. The minimum atomic E-state index is -3.91. The third kappa shape index (κ3) is 4.13. The molecule has 0 radical (unpaired) electrons. The summed E-state index contributed by atoms with van der Waals surface area (Å²) >= 11 is 8.03. The van der Waals surface area contributed by atoms with Gasteiger partial charge in [-0.15, -0.1) is 5.10 Å². The molecule has 0 bridgehead atoms. The first-order chi connectivity index (χ1) is 14.1. The van der Waals surface area contributed by atoms with Gasteiger partial charge in [-0.3, -0.25) is 4.72 Å². The Labute approximate surface area is 191 Å². The molecule has 2 heterocycles. The zero-order chi connectivity index (χ0) is 21.5. The standard InChI is InChI=1S/C19H15ClIN5O3S/c1-19(21,27)12-4-7-14(8-5-12)30(28,29)24-15-9-6-13(20)11-17(15)26-16-3-2-10-22-18(16)23-25-26/h2-11,24,27H,1H3. The number of benzene rings is 2. The number of fused-ring (bicyclic) bond motifs is 1. The van der Waals surface area contributed by atoms with Crippen molar-refractivity contribution in [1.29, 1.82) is 0 Å². The number of rotatable bonds is 5. The van der Waals surface area contributed by atoms with Gasteiger partial charge in [0.25, 0.3) is 10.0 Å². The lowest BCUT2D eigenvalue weighted by atomic mass is 10.1. The molecule has 0 aliphatic heterocycles. The molecule has 154 valence electrons. The topological polar surface area (TPSA) is 110 Å². The summed E-state index contributed by atoms with van der Waals surface area (Å²) in [6, 6.07) is 14.3. The van der Waals surface area contributed by atoms with E-state index in [2.05, 4.69) is 20.0 Å². The number of anilines is 1. The molecule has 1 unspecified atom stereocenters. The van der Waals surface area contributed by atoms with Crippen LogP contribution in [0.4, 0.5) is 5.69 Å². The van der Waals surface area contributed by atoms with E-state index in [9.17, 15) is 13.5 Å². The molecule has 0 aliphatic rings. The van der Waals surface area contributed by atoms with Gasteiger partial charge in [-0.05, 0) is 77.5 Å². The van der Waals surface area contributed by atoms with E-state index >= 15 is 0 Å². The molecule has 0 saturated heterocycles. The molecule has 30 heavy (non-hydrogen) atoms. The highest BCUT2D eigenvalue weighted by Crippen LogP contribution is 2.30. The van der Waals surface area contributed by atoms with Gasteiger partial charge in [0.15, 0.2) is 0 Å². The van der Waals surface area contributed by atoms with Crippen LogP contribution in [0.2, 0.25) is 5.02 Å². The summed E-state index contributed by atoms with van der Waals surface area (Å²) in [5, 5.41) is 18.6. The van der Waals surface area contributed by atoms with E-state index < -0.39 is 13.6 Å². The third-order valence-electron chi connectivity index (χ3n) is 4.35. The highest BCUT2D eigenvalue weighted by atomic mass is 127. The maximum Gasteiger partial charge on any atom is 0.261 e. The van der Waals surface area contributed by atoms with Crippen molar-refractivity contribution in [3.63, 3.8) is 0 Å². The number of aromatic nitrogens is 4. The molecular weight excluding hydrogens is 541 g/mol. The molecule has 0 saturated carbocycles. The lowest BCUT2D eigenvalue weighted by Crippen LogP contribution is -2.16. The molecule has 0 amide bonds. The van der Waals surface area contributed by atoms with E-state index in [1.54, 1.807) is 55.6 Å². The summed E-state index contributed by atoms with van der Waals surface area (Å²) in [6.07, 6.45) is 1.60. The Morgan fingerprint density at radius 1 is 1.17 bits per heavy atom. The molecular formula is C19H15ClIN5O3S. The van der Waals surface area contributed by atoms with Crippen LogP contribution in [0.1, 0.15) is 12.5 Å². The van der Waals surface area contributed by atoms with Crippen molar-refractivity contribution in [1.82, 2.24) is 20.0 Å². The number of hydrogen-bond acceptors (Lipinski definition) is 6. The second-order valence-electron chi connectivity index (χ2n) is 6.59. The van der Waals surface area contributed by atoms with Gasteiger partial charge < -0.3 is 5.11 Å². The Balaban J connectivity index is 1.75. The molecule has 2 aromatic heterocycles. The Morgan fingerprint density at radius 2 is 1.90 bits per heavy atom. The van der Waals surface area contributed by atoms with Crippen LogP contribution in [0.25, 0.3) is 16.9 Å². The number of sulfonamides is 1. The molecule has 11 heteroatoms. The fourth-order valence-electron chi connectivity index (χ4n) is 2.85. The summed E-state index contributed by atoms with van der Waals surface area (Å²) in [4.78, 5) is 4.20. The largest absolute Gasteiger partial charge is 0.376 e. The molecule has 2 N–H and O–H groups in total. The second-order valence-corrected chi connectivity index (χ2v) is 10.8. The molecule has 8 nitrogen and oxygen atoms in total. The third-order valence-corrected chi connectivity index (χ3v) is 6.59. The van der Waals surface area contributed by atoms with Crippen molar-refractivity contribution in [2.24, 2.45) is 0 Å². The Morgan fingerprint density at radius 3 is 2.60 bits per heavy atom. The van der Waals surface area contributed by atoms with Crippen LogP contribution in [0.15, 0.2) is 65.7 Å². The molecule has 0 aliphatic carbocycles. The van der Waals surface area contributed by atoms with Gasteiger partial charge in [0.05, 0.1) is 16.3 Å². The van der Waals surface area contributed by atoms with Gasteiger partial charge in [-0.25, -0.2) is 18.1 Å². The van der Waals surface area contributed by atoms with Gasteiger partial charge in [0.2, 0.25) is 5.65 Å². The maximum absolute atomic E-state index is 13.0. The maximum atomic E-state index is 13.0. The molecule has 0 spiro atoms. The normalized spacial score (nSPS) is 13.9. The van der Waals surface area contributed by atoms with Crippen molar-refractivity contribution in [3.8, 4) is 5.69 Å². The fraction of sp³-hybridized carbons (Fsp3) is 0.105. The average molecular weight is 556 g/mol. The van der Waals surface area contributed by atoms with E-state index in [1.165, 1.54) is 16.8 Å². The first-order valence-corrected chi connectivity index (χ1v) is 11.6. The highest BCUT2D eigenvalue weighted by molar-refractivity contribution is 14.1. The van der Waals surface area contributed by atoms with E-state index in [0.717, 1.165) is 0 Å². The monoisotopic (exact) mass is 555 g/mol. The van der Waals surface area contributed by atoms with Crippen LogP contribution >= 0.6 is 34.2 Å². The van der Waals surface area contributed by atoms with Crippen molar-refractivity contribution < 1.29 is 13.5 Å². The smallest absolute Gasteiger partial charge is 0.261 e. The van der Waals surface area contributed by atoms with Gasteiger partial charge in [-0.2, -0.15) is 0 Å². The van der Waals surface area contributed by atoms with Gasteiger partial charge in [-0.1, -0.05) is 28.9 Å². The predicted octanol–water partition coefficient (Wildman–Crippen LogP) is 3.87. The Bertz CT molecular complexity index is 1330. The minimum absolute atomic E-state index is 0.0536. The van der Waals surface area contributed by atoms with Crippen molar-refractivity contribution in [2.75, 3.05) is 4.72 Å². The van der Waals surface area contributed by atoms with Crippen LogP contribution in [-0.4, -0.2) is 33.5 Å². The summed E-state index contributed by atoms with van der Waals surface area (Å²) in [6.45, 7) is 1.62. The van der Waals surface area contributed by atoms with Crippen LogP contribution in [0, 0.1) is 0 Å². The Kier molecular flexibility index (Phi) is 5.43. The van der Waals surface area contributed by atoms with Gasteiger partial charge >= 0.3 is 0 Å². The van der Waals surface area contributed by atoms with Crippen LogP contribution in [0.3, 0.4) is 0 Å². The number of hydrogen-bond donors (Lipinski definition) is 2. The summed E-state index contributed by atoms with van der Waals surface area (Å²) in [5.41, 5.74) is 2.31. The number of halogens is 2. The van der Waals surface area contributed by atoms with Gasteiger partial charge in [0, 0.05) is 11.2 Å². The van der Waals surface area contributed by atoms with E-state index in [-0.39, 0.29) is 10.6 Å². The van der Waals surface area contributed by atoms with E-state index in [1.807, 2.05) is 22.6 Å². The van der Waals surface area contributed by atoms with Crippen LogP contribution in [-0.2, 0) is 13.6 Å². The zero-order valence-corrected chi connectivity index (χ0v) is 19.2. The first kappa shape index (κ1) is 21.0. The molecule has 1 atom stereocenters. The SMILES string of the molecule is CC(O)(I)c1ccc(S(=O)(=O)Nc2ccc(Cl)cc2-n2nnc3ncccc32)cc1. The predicted molar refractivity (Wildman–Crippen MR) is 123 cm³/mol. The van der Waals surface area contributed by atoms with Crippen LogP contribution < -0.4 is 4.72 Å². The van der Waals surface area contributed by atoms with Crippen molar-refractivity contribution >= 4 is 61.1 Å². The first-order valence-electron chi connectivity index (χ1n) is 8.66. The van der Waals surface area contributed by atoms with Crippen molar-refractivity contribution in [2.45, 2.75) is 15.4 Å². The number of pyridine rings is 1. The lowest BCUT2D eigenvalue weighted by Gasteiger charge is -2.17. The number of nitrogens with zero attached hydrogens (tertiary/aromatic N) is 4. The summed E-state index contributed by atoms with van der Waals surface area (Å²) < 4.78 is 28.9. The zero-order valence-electron chi connectivity index (χ0n) is 15.5. The lowest BCUT2D eigenvalue weighted by molar-refractivity contribution is 0.179. The molecule has 0 fully saturated rings. The number of alkyl halides is 1. The Hall–Kier alpha value is -2.28. The van der Waals surface area contributed by atoms with Crippen LogP contribution in [0.5, 0.6) is 0 Å².